The third-order valence-corrected chi connectivity index (χ3v) is 5.95. The normalized spacial score (nSPS) is 15.1. The van der Waals surface area contributed by atoms with Crippen LogP contribution in [0.25, 0.3) is 5.70 Å². The minimum atomic E-state index is -3.66. The standard InChI is InChI=1S/C18H20N4O4S/c1-14(15-5-7-19-8-6-15)20-21-18(23)16-3-2-4-17(13-16)27(24,25)22-9-11-26-12-10-22/h2-8,13,20H,1,9-12H2,(H,21,23). The number of hydrazine groups is 1. The summed E-state index contributed by atoms with van der Waals surface area (Å²) < 4.78 is 32.0. The van der Waals surface area contributed by atoms with Crippen molar-refractivity contribution >= 4 is 21.6 Å². The predicted octanol–water partition coefficient (Wildman–Crippen LogP) is 1.01. The molecule has 2 N–H and O–H groups in total. The minimum absolute atomic E-state index is 0.0741. The maximum absolute atomic E-state index is 12.7. The van der Waals surface area contributed by atoms with Crippen molar-refractivity contribution in [1.82, 2.24) is 20.1 Å². The molecule has 1 saturated heterocycles. The van der Waals surface area contributed by atoms with Crippen LogP contribution in [0.2, 0.25) is 0 Å². The van der Waals surface area contributed by atoms with Crippen molar-refractivity contribution in [1.29, 1.82) is 0 Å². The third kappa shape index (κ3) is 4.51. The van der Waals surface area contributed by atoms with Gasteiger partial charge in [0.15, 0.2) is 0 Å². The van der Waals surface area contributed by atoms with E-state index in [1.807, 2.05) is 0 Å². The quantitative estimate of drug-likeness (QED) is 0.717. The van der Waals surface area contributed by atoms with Crippen LogP contribution < -0.4 is 10.9 Å². The van der Waals surface area contributed by atoms with E-state index in [1.165, 1.54) is 16.4 Å². The molecule has 8 nitrogen and oxygen atoms in total. The number of nitrogens with one attached hydrogen (secondary N) is 2. The van der Waals surface area contributed by atoms with E-state index < -0.39 is 15.9 Å². The zero-order valence-electron chi connectivity index (χ0n) is 14.6. The molecule has 0 atom stereocenters. The number of amides is 1. The molecule has 1 fully saturated rings. The van der Waals surface area contributed by atoms with Crippen molar-refractivity contribution in [3.05, 3.63) is 66.5 Å². The maximum atomic E-state index is 12.7. The summed E-state index contributed by atoms with van der Waals surface area (Å²) >= 11 is 0. The van der Waals surface area contributed by atoms with Gasteiger partial charge in [0, 0.05) is 36.6 Å². The number of hydrogen-bond donors (Lipinski definition) is 2. The van der Waals surface area contributed by atoms with E-state index in [4.69, 9.17) is 4.74 Å². The number of sulfonamides is 1. The van der Waals surface area contributed by atoms with Gasteiger partial charge in [-0.3, -0.25) is 20.6 Å². The van der Waals surface area contributed by atoms with E-state index in [0.717, 1.165) is 5.56 Å². The number of benzene rings is 1. The van der Waals surface area contributed by atoms with Gasteiger partial charge in [-0.25, -0.2) is 8.42 Å². The van der Waals surface area contributed by atoms with Crippen molar-refractivity contribution in [2.75, 3.05) is 26.3 Å². The SMILES string of the molecule is C=C(NNC(=O)c1cccc(S(=O)(=O)N2CCOCC2)c1)c1ccncc1. The Balaban J connectivity index is 1.69. The summed E-state index contributed by atoms with van der Waals surface area (Å²) in [6.07, 6.45) is 3.23. The lowest BCUT2D eigenvalue weighted by atomic mass is 10.2. The lowest BCUT2D eigenvalue weighted by molar-refractivity contribution is 0.0730. The Bertz CT molecular complexity index is 925. The van der Waals surface area contributed by atoms with Crippen LogP contribution in [0.15, 0.2) is 60.3 Å². The molecule has 1 amide bonds. The number of carbonyl (C=O) groups excluding carboxylic acids is 1. The van der Waals surface area contributed by atoms with Gasteiger partial charge in [0.25, 0.3) is 5.91 Å². The fourth-order valence-corrected chi connectivity index (χ4v) is 4.02. The van der Waals surface area contributed by atoms with E-state index in [0.29, 0.717) is 32.0 Å². The van der Waals surface area contributed by atoms with E-state index >= 15 is 0 Å². The molecule has 142 valence electrons. The first kappa shape index (κ1) is 19.0. The molecule has 2 heterocycles. The fraction of sp³-hybridized carbons (Fsp3) is 0.222. The first-order valence-corrected chi connectivity index (χ1v) is 9.76. The predicted molar refractivity (Wildman–Crippen MR) is 99.9 cm³/mol. The number of carbonyl (C=O) groups is 1. The molecule has 27 heavy (non-hydrogen) atoms. The second-order valence-corrected chi connectivity index (χ2v) is 7.78. The number of aromatic nitrogens is 1. The Hall–Kier alpha value is -2.75. The van der Waals surface area contributed by atoms with Gasteiger partial charge in [0.05, 0.1) is 23.8 Å². The second-order valence-electron chi connectivity index (χ2n) is 5.84. The molecule has 9 heteroatoms. The van der Waals surface area contributed by atoms with Crippen molar-refractivity contribution in [2.45, 2.75) is 4.90 Å². The maximum Gasteiger partial charge on any atom is 0.269 e. The van der Waals surface area contributed by atoms with Gasteiger partial charge in [-0.1, -0.05) is 12.6 Å². The molecule has 0 saturated carbocycles. The number of nitrogens with zero attached hydrogens (tertiary/aromatic N) is 2. The topological polar surface area (TPSA) is 101 Å². The van der Waals surface area contributed by atoms with Crippen LogP contribution in [0, 0.1) is 0 Å². The molecular weight excluding hydrogens is 368 g/mol. The van der Waals surface area contributed by atoms with Crippen LogP contribution in [-0.4, -0.2) is 49.9 Å². The molecule has 0 bridgehead atoms. The summed E-state index contributed by atoms with van der Waals surface area (Å²) in [7, 11) is -3.66. The highest BCUT2D eigenvalue weighted by atomic mass is 32.2. The highest BCUT2D eigenvalue weighted by Gasteiger charge is 2.26. The van der Waals surface area contributed by atoms with Gasteiger partial charge in [-0.05, 0) is 30.3 Å². The van der Waals surface area contributed by atoms with Crippen LogP contribution in [-0.2, 0) is 14.8 Å². The van der Waals surface area contributed by atoms with E-state index in [2.05, 4.69) is 22.4 Å². The molecule has 1 aliphatic rings. The van der Waals surface area contributed by atoms with Gasteiger partial charge in [0.1, 0.15) is 0 Å². The van der Waals surface area contributed by atoms with Crippen LogP contribution in [0.5, 0.6) is 0 Å². The van der Waals surface area contributed by atoms with Crippen molar-refractivity contribution in [3.63, 3.8) is 0 Å². The summed E-state index contributed by atoms with van der Waals surface area (Å²) in [6, 6.07) is 9.42. The Kier molecular flexibility index (Phi) is 5.84. The molecule has 1 aliphatic heterocycles. The van der Waals surface area contributed by atoms with E-state index in [-0.39, 0.29) is 10.5 Å². The number of pyridine rings is 1. The van der Waals surface area contributed by atoms with Gasteiger partial charge in [-0.15, -0.1) is 0 Å². The Morgan fingerprint density at radius 2 is 1.78 bits per heavy atom. The Labute approximate surface area is 157 Å². The fourth-order valence-electron chi connectivity index (χ4n) is 2.56. The smallest absolute Gasteiger partial charge is 0.269 e. The average Bonchev–Trinajstić information content (AvgIpc) is 2.73. The zero-order chi connectivity index (χ0) is 19.3. The molecule has 3 rings (SSSR count). The lowest BCUT2D eigenvalue weighted by Crippen LogP contribution is -2.40. The molecule has 0 spiro atoms. The average molecular weight is 388 g/mol. The number of morpholine rings is 1. The summed E-state index contributed by atoms with van der Waals surface area (Å²) in [5.74, 6) is -0.468. The third-order valence-electron chi connectivity index (χ3n) is 4.06. The molecule has 2 aromatic rings. The molecule has 0 radical (unpaired) electrons. The zero-order valence-corrected chi connectivity index (χ0v) is 15.4. The van der Waals surface area contributed by atoms with E-state index in [9.17, 15) is 13.2 Å². The summed E-state index contributed by atoms with van der Waals surface area (Å²) in [6.45, 7) is 5.16. The van der Waals surface area contributed by atoms with Gasteiger partial charge < -0.3 is 4.74 Å². The van der Waals surface area contributed by atoms with Crippen LogP contribution in [0.3, 0.4) is 0 Å². The van der Waals surface area contributed by atoms with Crippen LogP contribution in [0.1, 0.15) is 15.9 Å². The summed E-state index contributed by atoms with van der Waals surface area (Å²) in [4.78, 5) is 16.4. The molecule has 0 aliphatic carbocycles. The first-order valence-electron chi connectivity index (χ1n) is 8.32. The number of ether oxygens (including phenoxy) is 1. The molecule has 1 aromatic heterocycles. The van der Waals surface area contributed by atoms with Crippen LogP contribution >= 0.6 is 0 Å². The van der Waals surface area contributed by atoms with E-state index in [1.54, 1.807) is 36.7 Å². The van der Waals surface area contributed by atoms with Crippen molar-refractivity contribution < 1.29 is 17.9 Å². The number of hydrogen-bond acceptors (Lipinski definition) is 6. The monoisotopic (exact) mass is 388 g/mol. The van der Waals surface area contributed by atoms with Gasteiger partial charge in [-0.2, -0.15) is 4.31 Å². The summed E-state index contributed by atoms with van der Waals surface area (Å²) in [5.41, 5.74) is 6.72. The number of rotatable bonds is 6. The summed E-state index contributed by atoms with van der Waals surface area (Å²) in [5, 5.41) is 0. The van der Waals surface area contributed by atoms with Crippen molar-refractivity contribution in [2.24, 2.45) is 0 Å². The largest absolute Gasteiger partial charge is 0.379 e. The first-order chi connectivity index (χ1) is 13.0. The minimum Gasteiger partial charge on any atom is -0.379 e. The second kappa shape index (κ2) is 8.30. The Morgan fingerprint density at radius 1 is 1.07 bits per heavy atom. The lowest BCUT2D eigenvalue weighted by Gasteiger charge is -2.26. The molecule has 1 aromatic carbocycles. The molecular formula is C18H20N4O4S. The van der Waals surface area contributed by atoms with Crippen molar-refractivity contribution in [3.8, 4) is 0 Å². The van der Waals surface area contributed by atoms with Gasteiger partial charge >= 0.3 is 0 Å². The van der Waals surface area contributed by atoms with Gasteiger partial charge in [0.2, 0.25) is 10.0 Å². The van der Waals surface area contributed by atoms with Crippen LogP contribution in [0.4, 0.5) is 0 Å². The highest BCUT2D eigenvalue weighted by Crippen LogP contribution is 2.18. The Morgan fingerprint density at radius 3 is 2.48 bits per heavy atom. The molecule has 0 unspecified atom stereocenters. The highest BCUT2D eigenvalue weighted by molar-refractivity contribution is 7.89.